The highest BCUT2D eigenvalue weighted by Crippen LogP contribution is 2.37. The van der Waals surface area contributed by atoms with Crippen LogP contribution in [0.5, 0.6) is 5.75 Å². The van der Waals surface area contributed by atoms with Crippen LogP contribution in [-0.2, 0) is 20.6 Å². The molecule has 0 spiro atoms. The van der Waals surface area contributed by atoms with E-state index in [-0.39, 0.29) is 17.6 Å². The maximum absolute atomic E-state index is 11.0. The van der Waals surface area contributed by atoms with E-state index in [4.69, 9.17) is 9.16 Å². The summed E-state index contributed by atoms with van der Waals surface area (Å²) >= 11 is 0. The molecule has 0 radical (unpaired) electrons. The van der Waals surface area contributed by atoms with Crippen molar-refractivity contribution in [2.45, 2.75) is 45.5 Å². The third-order valence-corrected chi connectivity index (χ3v) is 8.39. The van der Waals surface area contributed by atoms with Crippen LogP contribution in [0.3, 0.4) is 0 Å². The van der Waals surface area contributed by atoms with E-state index >= 15 is 0 Å². The van der Waals surface area contributed by atoms with Crippen molar-refractivity contribution in [3.8, 4) is 5.75 Å². The Labute approximate surface area is 128 Å². The molecule has 1 aromatic rings. The van der Waals surface area contributed by atoms with Gasteiger partial charge in [-0.3, -0.25) is 0 Å². The van der Waals surface area contributed by atoms with Crippen LogP contribution in [0.2, 0.25) is 18.1 Å². The summed E-state index contributed by atoms with van der Waals surface area (Å²) in [7, 11) is -0.388. The van der Waals surface area contributed by atoms with Crippen LogP contribution in [0.4, 0.5) is 0 Å². The lowest BCUT2D eigenvalue weighted by Crippen LogP contribution is -2.40. The molecule has 0 aliphatic carbocycles. The van der Waals surface area contributed by atoms with E-state index in [0.29, 0.717) is 12.4 Å². The first kappa shape index (κ1) is 17.7. The van der Waals surface area contributed by atoms with Gasteiger partial charge in [0.25, 0.3) is 0 Å². The van der Waals surface area contributed by atoms with Crippen molar-refractivity contribution in [1.82, 2.24) is 0 Å². The van der Waals surface area contributed by atoms with Crippen molar-refractivity contribution in [2.75, 3.05) is 13.7 Å². The molecule has 0 saturated carbocycles. The van der Waals surface area contributed by atoms with E-state index in [1.54, 1.807) is 0 Å². The second-order valence-electron chi connectivity index (χ2n) is 6.56. The molecule has 21 heavy (non-hydrogen) atoms. The lowest BCUT2D eigenvalue weighted by molar-refractivity contribution is -0.142. The van der Waals surface area contributed by atoms with Gasteiger partial charge in [-0.1, -0.05) is 32.9 Å². The van der Waals surface area contributed by atoms with E-state index in [9.17, 15) is 4.79 Å². The van der Waals surface area contributed by atoms with E-state index in [1.807, 2.05) is 24.3 Å². The maximum Gasteiger partial charge on any atom is 0.343 e. The minimum Gasteiger partial charge on any atom is -0.482 e. The van der Waals surface area contributed by atoms with Crippen LogP contribution in [0.25, 0.3) is 0 Å². The van der Waals surface area contributed by atoms with Crippen LogP contribution in [0, 0.1) is 0 Å². The number of hydrogen-bond acceptors (Lipinski definition) is 4. The van der Waals surface area contributed by atoms with Crippen molar-refractivity contribution in [2.24, 2.45) is 0 Å². The molecule has 0 heterocycles. The molecule has 1 aromatic carbocycles. The van der Waals surface area contributed by atoms with E-state index in [2.05, 4.69) is 38.6 Å². The van der Waals surface area contributed by atoms with E-state index in [0.717, 1.165) is 5.56 Å². The van der Waals surface area contributed by atoms with Crippen molar-refractivity contribution < 1.29 is 18.7 Å². The van der Waals surface area contributed by atoms with Crippen LogP contribution in [0.1, 0.15) is 26.3 Å². The number of hydrogen-bond donors (Lipinski definition) is 0. The molecule has 0 unspecified atom stereocenters. The lowest BCUT2D eigenvalue weighted by Gasteiger charge is -2.36. The largest absolute Gasteiger partial charge is 0.482 e. The van der Waals surface area contributed by atoms with Gasteiger partial charge in [-0.05, 0) is 35.8 Å². The summed E-state index contributed by atoms with van der Waals surface area (Å²) in [6, 6.07) is 7.60. The smallest absolute Gasteiger partial charge is 0.343 e. The normalized spacial score (nSPS) is 12.1. The number of ether oxygens (including phenoxy) is 2. The molecule has 4 nitrogen and oxygen atoms in total. The molecule has 5 heteroatoms. The average Bonchev–Trinajstić information content (AvgIpc) is 2.42. The number of carbonyl (C=O) groups excluding carboxylic acids is 1. The van der Waals surface area contributed by atoms with Gasteiger partial charge in [0.1, 0.15) is 5.75 Å². The summed E-state index contributed by atoms with van der Waals surface area (Å²) in [6.07, 6.45) is 0. The number of carbonyl (C=O) groups is 1. The van der Waals surface area contributed by atoms with Crippen molar-refractivity contribution in [3.63, 3.8) is 0 Å². The fourth-order valence-electron chi connectivity index (χ4n) is 1.36. The minimum atomic E-state index is -1.73. The molecule has 0 saturated heterocycles. The molecular weight excluding hydrogens is 284 g/mol. The Kier molecular flexibility index (Phi) is 5.98. The highest BCUT2D eigenvalue weighted by atomic mass is 28.4. The lowest BCUT2D eigenvalue weighted by atomic mass is 10.2. The second-order valence-corrected chi connectivity index (χ2v) is 11.4. The van der Waals surface area contributed by atoms with Gasteiger partial charge in [0.15, 0.2) is 14.9 Å². The van der Waals surface area contributed by atoms with Gasteiger partial charge in [0.2, 0.25) is 0 Å². The number of methoxy groups -OCH3 is 1. The van der Waals surface area contributed by atoms with Crippen molar-refractivity contribution in [1.29, 1.82) is 0 Å². The highest BCUT2D eigenvalue weighted by molar-refractivity contribution is 6.74. The van der Waals surface area contributed by atoms with Gasteiger partial charge < -0.3 is 13.9 Å². The summed E-state index contributed by atoms with van der Waals surface area (Å²) in [5.74, 6) is 0.261. The highest BCUT2D eigenvalue weighted by Gasteiger charge is 2.36. The predicted octanol–water partition coefficient (Wildman–Crippen LogP) is 3.76. The number of esters is 1. The first-order chi connectivity index (χ1) is 9.65. The number of benzene rings is 1. The van der Waals surface area contributed by atoms with Gasteiger partial charge in [-0.2, -0.15) is 0 Å². The van der Waals surface area contributed by atoms with Crippen molar-refractivity contribution in [3.05, 3.63) is 29.8 Å². The van der Waals surface area contributed by atoms with Crippen LogP contribution in [-0.4, -0.2) is 28.0 Å². The maximum atomic E-state index is 11.0. The SMILES string of the molecule is COC(=O)COc1ccc(CO[Si](C)(C)C(C)(C)C)cc1. The molecule has 0 bridgehead atoms. The standard InChI is InChI=1S/C16H26O4Si/c1-16(2,3)21(5,6)20-11-13-7-9-14(10-8-13)19-12-15(17)18-4/h7-10H,11-12H2,1-6H3. The predicted molar refractivity (Wildman–Crippen MR) is 85.9 cm³/mol. The molecule has 1 rings (SSSR count). The molecule has 0 aliphatic heterocycles. The minimum absolute atomic E-state index is 0.0731. The van der Waals surface area contributed by atoms with E-state index in [1.165, 1.54) is 7.11 Å². The van der Waals surface area contributed by atoms with Gasteiger partial charge in [-0.25, -0.2) is 4.79 Å². The zero-order chi connectivity index (χ0) is 16.1. The van der Waals surface area contributed by atoms with E-state index < -0.39 is 8.32 Å². The first-order valence-corrected chi connectivity index (χ1v) is 9.99. The van der Waals surface area contributed by atoms with Crippen LogP contribution in [0.15, 0.2) is 24.3 Å². The molecule has 0 fully saturated rings. The average molecular weight is 310 g/mol. The summed E-state index contributed by atoms with van der Waals surface area (Å²) in [5, 5.41) is 0.205. The molecule has 0 amide bonds. The number of rotatable bonds is 6. The third-order valence-electron chi connectivity index (χ3n) is 3.91. The first-order valence-electron chi connectivity index (χ1n) is 7.08. The van der Waals surface area contributed by atoms with Crippen LogP contribution >= 0.6 is 0 Å². The van der Waals surface area contributed by atoms with Gasteiger partial charge in [-0.15, -0.1) is 0 Å². The fraction of sp³-hybridized carbons (Fsp3) is 0.562. The Bertz CT molecular complexity index is 460. The molecular formula is C16H26O4Si. The van der Waals surface area contributed by atoms with Gasteiger partial charge >= 0.3 is 5.97 Å². The second kappa shape index (κ2) is 7.09. The summed E-state index contributed by atoms with van der Waals surface area (Å²) in [6.45, 7) is 11.7. The Morgan fingerprint density at radius 3 is 2.19 bits per heavy atom. The monoisotopic (exact) mass is 310 g/mol. The Morgan fingerprint density at radius 2 is 1.71 bits per heavy atom. The Hall–Kier alpha value is -1.33. The Morgan fingerprint density at radius 1 is 1.14 bits per heavy atom. The molecule has 0 N–H and O–H groups in total. The zero-order valence-electron chi connectivity index (χ0n) is 13.9. The Balaban J connectivity index is 2.54. The summed E-state index contributed by atoms with van der Waals surface area (Å²) in [5.41, 5.74) is 1.10. The van der Waals surface area contributed by atoms with Gasteiger partial charge in [0, 0.05) is 0 Å². The summed E-state index contributed by atoms with van der Waals surface area (Å²) < 4.78 is 16.0. The quantitative estimate of drug-likeness (QED) is 0.593. The summed E-state index contributed by atoms with van der Waals surface area (Å²) in [4.78, 5) is 11.0. The van der Waals surface area contributed by atoms with Gasteiger partial charge in [0.05, 0.1) is 13.7 Å². The fourth-order valence-corrected chi connectivity index (χ4v) is 2.32. The molecule has 0 atom stereocenters. The molecule has 0 aromatic heterocycles. The van der Waals surface area contributed by atoms with Crippen LogP contribution < -0.4 is 4.74 Å². The molecule has 0 aliphatic rings. The zero-order valence-corrected chi connectivity index (χ0v) is 14.9. The topological polar surface area (TPSA) is 44.8 Å². The molecule has 118 valence electrons. The van der Waals surface area contributed by atoms with Crippen molar-refractivity contribution >= 4 is 14.3 Å². The third kappa shape index (κ3) is 5.51.